The Bertz CT molecular complexity index is 1280. The van der Waals surface area contributed by atoms with Crippen LogP contribution >= 0.6 is 22.6 Å². The van der Waals surface area contributed by atoms with Crippen LogP contribution in [0.25, 0.3) is 0 Å². The van der Waals surface area contributed by atoms with Gasteiger partial charge in [0, 0.05) is 22.6 Å². The van der Waals surface area contributed by atoms with Gasteiger partial charge in [0.1, 0.15) is 17.3 Å². The van der Waals surface area contributed by atoms with Gasteiger partial charge in [-0.25, -0.2) is 9.59 Å². The molecule has 38 heavy (non-hydrogen) atoms. The lowest BCUT2D eigenvalue weighted by molar-refractivity contribution is -0.253. The first kappa shape index (κ1) is 27.6. The molecule has 4 rings (SSSR count). The number of benzene rings is 2. The molecule has 2 aromatic carbocycles. The standard InChI is InChI=1S/C26H22F4IN3O4/c27-23(28)26(29,30)38-19-8-4-7-17(13-19)25(14-16-5-2-1-3-6-16,21-10-9-18(31)15-32-21)34-24(36)33-20-11-12-37-22(20)35/h1-10,13,15,20,23H,11-12,14H2,(H2,33,34,36)/t20-,25-/m0/s1. The highest BCUT2D eigenvalue weighted by Gasteiger charge is 2.45. The Hall–Kier alpha value is -3.42. The third-order valence-corrected chi connectivity index (χ3v) is 6.52. The Labute approximate surface area is 229 Å². The highest BCUT2D eigenvalue weighted by atomic mass is 127. The normalized spacial score (nSPS) is 17.0. The van der Waals surface area contributed by atoms with E-state index in [1.54, 1.807) is 54.7 Å². The molecule has 0 aliphatic carbocycles. The zero-order valence-corrected chi connectivity index (χ0v) is 21.8. The molecule has 0 spiro atoms. The first-order valence-electron chi connectivity index (χ1n) is 11.5. The molecule has 1 aliphatic rings. The minimum absolute atomic E-state index is 0.0959. The number of alkyl halides is 4. The van der Waals surface area contributed by atoms with E-state index in [4.69, 9.17) is 4.74 Å². The summed E-state index contributed by atoms with van der Waals surface area (Å²) in [6, 6.07) is 16.0. The molecule has 2 atom stereocenters. The highest BCUT2D eigenvalue weighted by molar-refractivity contribution is 14.1. The van der Waals surface area contributed by atoms with Gasteiger partial charge in [0.2, 0.25) is 0 Å². The van der Waals surface area contributed by atoms with E-state index in [9.17, 15) is 27.2 Å². The number of pyridine rings is 1. The van der Waals surface area contributed by atoms with Crippen LogP contribution in [0.2, 0.25) is 0 Å². The van der Waals surface area contributed by atoms with Gasteiger partial charge in [0.05, 0.1) is 12.3 Å². The molecule has 1 aliphatic heterocycles. The summed E-state index contributed by atoms with van der Waals surface area (Å²) in [5.41, 5.74) is -0.166. The molecular formula is C26H22F4IN3O4. The van der Waals surface area contributed by atoms with Crippen molar-refractivity contribution in [1.82, 2.24) is 15.6 Å². The van der Waals surface area contributed by atoms with Crippen molar-refractivity contribution >= 4 is 34.6 Å². The third-order valence-electron chi connectivity index (χ3n) is 5.88. The molecule has 2 amide bonds. The van der Waals surface area contributed by atoms with Gasteiger partial charge in [0.25, 0.3) is 0 Å². The molecular weight excluding hydrogens is 621 g/mol. The number of urea groups is 1. The topological polar surface area (TPSA) is 89.5 Å². The van der Waals surface area contributed by atoms with Gasteiger partial charge in [-0.15, -0.1) is 0 Å². The van der Waals surface area contributed by atoms with Gasteiger partial charge in [-0.3, -0.25) is 4.98 Å². The molecule has 2 heterocycles. The molecule has 0 bridgehead atoms. The van der Waals surface area contributed by atoms with Crippen LogP contribution in [0.1, 0.15) is 23.2 Å². The molecule has 7 nitrogen and oxygen atoms in total. The molecule has 200 valence electrons. The lowest BCUT2D eigenvalue weighted by atomic mass is 9.80. The number of aromatic nitrogens is 1. The van der Waals surface area contributed by atoms with E-state index in [1.807, 2.05) is 0 Å². The van der Waals surface area contributed by atoms with Gasteiger partial charge in [-0.05, 0) is 58.0 Å². The van der Waals surface area contributed by atoms with Crippen LogP contribution in [-0.4, -0.2) is 42.2 Å². The molecule has 1 saturated heterocycles. The average Bonchev–Trinajstić information content (AvgIpc) is 3.28. The summed E-state index contributed by atoms with van der Waals surface area (Å²) < 4.78 is 63.2. The van der Waals surface area contributed by atoms with Gasteiger partial charge in [-0.1, -0.05) is 42.5 Å². The van der Waals surface area contributed by atoms with Crippen LogP contribution in [0.3, 0.4) is 0 Å². The Morgan fingerprint density at radius 3 is 2.53 bits per heavy atom. The second-order valence-corrected chi connectivity index (χ2v) is 9.77. The first-order valence-corrected chi connectivity index (χ1v) is 12.5. The fourth-order valence-corrected chi connectivity index (χ4v) is 4.41. The summed E-state index contributed by atoms with van der Waals surface area (Å²) in [6.45, 7) is 0.162. The molecule has 1 aromatic heterocycles. The number of nitrogens with zero attached hydrogens (tertiary/aromatic N) is 1. The van der Waals surface area contributed by atoms with Crippen molar-refractivity contribution in [2.24, 2.45) is 0 Å². The number of carbonyl (C=O) groups excluding carboxylic acids is 2. The van der Waals surface area contributed by atoms with Crippen molar-refractivity contribution < 1.29 is 36.6 Å². The second kappa shape index (κ2) is 11.5. The molecule has 0 radical (unpaired) electrons. The fourth-order valence-electron chi connectivity index (χ4n) is 4.09. The number of cyclic esters (lactones) is 1. The van der Waals surface area contributed by atoms with E-state index in [-0.39, 0.29) is 25.0 Å². The summed E-state index contributed by atoms with van der Waals surface area (Å²) in [4.78, 5) is 29.7. The Kier molecular flexibility index (Phi) is 8.38. The monoisotopic (exact) mass is 643 g/mol. The number of carbonyl (C=O) groups is 2. The largest absolute Gasteiger partial charge is 0.464 e. The average molecular weight is 643 g/mol. The Balaban J connectivity index is 1.82. The minimum atomic E-state index is -4.73. The SMILES string of the molecule is O=C(N[C@H]1CCOC1=O)N[C@@](Cc1ccccc1)(c1cccc(OC(F)(F)C(F)F)c1)c1ccc(I)cn1. The summed E-state index contributed by atoms with van der Waals surface area (Å²) >= 11 is 2.06. The first-order chi connectivity index (χ1) is 18.1. The predicted molar refractivity (Wildman–Crippen MR) is 137 cm³/mol. The van der Waals surface area contributed by atoms with Crippen LogP contribution < -0.4 is 15.4 Å². The Morgan fingerprint density at radius 2 is 1.89 bits per heavy atom. The summed E-state index contributed by atoms with van der Waals surface area (Å²) in [7, 11) is 0. The maximum absolute atomic E-state index is 13.7. The van der Waals surface area contributed by atoms with Gasteiger partial charge >= 0.3 is 24.5 Å². The zero-order valence-electron chi connectivity index (χ0n) is 19.7. The summed E-state index contributed by atoms with van der Waals surface area (Å²) in [5, 5.41) is 5.46. The Morgan fingerprint density at radius 1 is 1.13 bits per heavy atom. The molecule has 1 fully saturated rings. The number of esters is 1. The van der Waals surface area contributed by atoms with E-state index >= 15 is 0 Å². The van der Waals surface area contributed by atoms with Crippen molar-refractivity contribution in [2.75, 3.05) is 6.61 Å². The van der Waals surface area contributed by atoms with Crippen LogP contribution in [-0.2, 0) is 21.5 Å². The summed E-state index contributed by atoms with van der Waals surface area (Å²) in [5.74, 6) is -1.11. The van der Waals surface area contributed by atoms with Gasteiger partial charge in [-0.2, -0.15) is 17.6 Å². The van der Waals surface area contributed by atoms with Crippen molar-refractivity contribution in [2.45, 2.75) is 37.0 Å². The van der Waals surface area contributed by atoms with Crippen LogP contribution in [0, 0.1) is 3.57 Å². The lowest BCUT2D eigenvalue weighted by Crippen LogP contribution is -2.55. The maximum Gasteiger partial charge on any atom is 0.461 e. The van der Waals surface area contributed by atoms with Gasteiger partial charge in [0.15, 0.2) is 0 Å². The fraction of sp³-hybridized carbons (Fsp3) is 0.269. The lowest BCUT2D eigenvalue weighted by Gasteiger charge is -2.36. The van der Waals surface area contributed by atoms with Crippen LogP contribution in [0.15, 0.2) is 72.9 Å². The molecule has 3 aromatic rings. The number of hydrogen-bond acceptors (Lipinski definition) is 5. The number of ether oxygens (including phenoxy) is 2. The van der Waals surface area contributed by atoms with E-state index in [1.165, 1.54) is 6.07 Å². The van der Waals surface area contributed by atoms with Crippen molar-refractivity contribution in [3.05, 3.63) is 93.3 Å². The van der Waals surface area contributed by atoms with Crippen molar-refractivity contribution in [1.29, 1.82) is 0 Å². The number of hydrogen-bond donors (Lipinski definition) is 2. The minimum Gasteiger partial charge on any atom is -0.464 e. The highest BCUT2D eigenvalue weighted by Crippen LogP contribution is 2.36. The van der Waals surface area contributed by atoms with Crippen LogP contribution in [0.5, 0.6) is 5.75 Å². The van der Waals surface area contributed by atoms with Crippen molar-refractivity contribution in [3.8, 4) is 5.75 Å². The quantitative estimate of drug-likeness (QED) is 0.194. The zero-order chi connectivity index (χ0) is 27.3. The number of nitrogens with one attached hydrogen (secondary N) is 2. The molecule has 0 saturated carbocycles. The second-order valence-electron chi connectivity index (χ2n) is 8.53. The van der Waals surface area contributed by atoms with Gasteiger partial charge < -0.3 is 20.1 Å². The van der Waals surface area contributed by atoms with E-state index in [0.29, 0.717) is 5.69 Å². The maximum atomic E-state index is 13.7. The number of amides is 2. The van der Waals surface area contributed by atoms with E-state index in [0.717, 1.165) is 21.3 Å². The predicted octanol–water partition coefficient (Wildman–Crippen LogP) is 5.02. The summed E-state index contributed by atoms with van der Waals surface area (Å²) in [6.07, 6.45) is -6.83. The van der Waals surface area contributed by atoms with Crippen LogP contribution in [0.4, 0.5) is 22.4 Å². The third kappa shape index (κ3) is 6.34. The number of halogens is 5. The molecule has 2 N–H and O–H groups in total. The molecule has 0 unspecified atom stereocenters. The van der Waals surface area contributed by atoms with E-state index in [2.05, 4.69) is 42.9 Å². The van der Waals surface area contributed by atoms with E-state index < -0.39 is 41.9 Å². The molecule has 12 heteroatoms. The number of rotatable bonds is 9. The van der Waals surface area contributed by atoms with Crippen molar-refractivity contribution in [3.63, 3.8) is 0 Å². The smallest absolute Gasteiger partial charge is 0.461 e.